The Hall–Kier alpha value is -2.80. The van der Waals surface area contributed by atoms with Gasteiger partial charge in [0.1, 0.15) is 5.00 Å². The van der Waals surface area contributed by atoms with Crippen LogP contribution in [0.15, 0.2) is 24.3 Å². The summed E-state index contributed by atoms with van der Waals surface area (Å²) in [5, 5.41) is 3.39. The molecule has 1 aliphatic rings. The lowest BCUT2D eigenvalue weighted by Crippen LogP contribution is -2.17. The zero-order valence-electron chi connectivity index (χ0n) is 16.7. The lowest BCUT2D eigenvalue weighted by Gasteiger charge is -2.10. The van der Waals surface area contributed by atoms with E-state index in [0.717, 1.165) is 48.1 Å². The third-order valence-corrected chi connectivity index (χ3v) is 6.20. The number of anilines is 1. The van der Waals surface area contributed by atoms with Gasteiger partial charge in [0.05, 0.1) is 19.8 Å². The molecule has 0 atom stereocenters. The first-order valence-corrected chi connectivity index (χ1v) is 10.5. The highest BCUT2D eigenvalue weighted by Crippen LogP contribution is 2.37. The van der Waals surface area contributed by atoms with Gasteiger partial charge in [-0.2, -0.15) is 0 Å². The Balaban J connectivity index is 1.79. The average Bonchev–Trinajstić information content (AvgIpc) is 3.02. The van der Waals surface area contributed by atoms with E-state index in [1.165, 1.54) is 23.8 Å². The first-order valence-electron chi connectivity index (χ1n) is 9.69. The highest BCUT2D eigenvalue weighted by atomic mass is 32.1. The summed E-state index contributed by atoms with van der Waals surface area (Å²) in [7, 11) is 3.13. The minimum Gasteiger partial charge on any atom is -0.493 e. The normalized spacial score (nSPS) is 14.0. The highest BCUT2D eigenvalue weighted by molar-refractivity contribution is 7.17. The Morgan fingerprint density at radius 1 is 1.07 bits per heavy atom. The highest BCUT2D eigenvalue weighted by Gasteiger charge is 2.23. The van der Waals surface area contributed by atoms with Crippen molar-refractivity contribution < 1.29 is 19.1 Å². The number of hydrogen-bond acceptors (Lipinski definition) is 5. The van der Waals surface area contributed by atoms with E-state index in [9.17, 15) is 9.59 Å². The van der Waals surface area contributed by atoms with E-state index >= 15 is 0 Å². The zero-order valence-corrected chi connectivity index (χ0v) is 17.6. The van der Waals surface area contributed by atoms with Gasteiger partial charge in [-0.3, -0.25) is 9.59 Å². The van der Waals surface area contributed by atoms with Gasteiger partial charge < -0.3 is 20.5 Å². The third kappa shape index (κ3) is 4.98. The van der Waals surface area contributed by atoms with Crippen molar-refractivity contribution in [2.24, 2.45) is 5.73 Å². The Morgan fingerprint density at radius 2 is 1.79 bits per heavy atom. The van der Waals surface area contributed by atoms with Crippen LogP contribution in [0.4, 0.5) is 5.00 Å². The molecule has 154 valence electrons. The van der Waals surface area contributed by atoms with Gasteiger partial charge in [0.2, 0.25) is 5.91 Å². The van der Waals surface area contributed by atoms with Crippen LogP contribution in [0.25, 0.3) is 6.08 Å². The van der Waals surface area contributed by atoms with Gasteiger partial charge in [0.15, 0.2) is 11.5 Å². The molecule has 0 saturated carbocycles. The first-order chi connectivity index (χ1) is 14.0. The first kappa shape index (κ1) is 20.9. The number of amides is 2. The molecule has 3 N–H and O–H groups in total. The molecule has 0 aliphatic heterocycles. The van der Waals surface area contributed by atoms with Crippen LogP contribution in [-0.4, -0.2) is 26.0 Å². The fourth-order valence-electron chi connectivity index (χ4n) is 3.55. The molecule has 29 heavy (non-hydrogen) atoms. The predicted molar refractivity (Wildman–Crippen MR) is 116 cm³/mol. The van der Waals surface area contributed by atoms with Crippen LogP contribution in [0.3, 0.4) is 0 Å². The largest absolute Gasteiger partial charge is 0.493 e. The summed E-state index contributed by atoms with van der Waals surface area (Å²) in [6.45, 7) is 0. The second-order valence-electron chi connectivity index (χ2n) is 6.92. The van der Waals surface area contributed by atoms with E-state index in [1.807, 2.05) is 6.07 Å². The number of benzene rings is 1. The Kier molecular flexibility index (Phi) is 6.93. The number of primary amides is 1. The van der Waals surface area contributed by atoms with Gasteiger partial charge in [0.25, 0.3) is 5.91 Å². The van der Waals surface area contributed by atoms with E-state index in [1.54, 1.807) is 32.4 Å². The Morgan fingerprint density at radius 3 is 2.48 bits per heavy atom. The fraction of sp³-hybridized carbons (Fsp3) is 0.364. The monoisotopic (exact) mass is 414 g/mol. The molecule has 0 radical (unpaired) electrons. The van der Waals surface area contributed by atoms with Crippen LogP contribution >= 0.6 is 11.3 Å². The maximum absolute atomic E-state index is 12.5. The fourth-order valence-corrected chi connectivity index (χ4v) is 4.85. The Labute approximate surface area is 174 Å². The molecule has 0 saturated heterocycles. The summed E-state index contributed by atoms with van der Waals surface area (Å²) >= 11 is 1.47. The summed E-state index contributed by atoms with van der Waals surface area (Å²) in [6, 6.07) is 5.39. The summed E-state index contributed by atoms with van der Waals surface area (Å²) in [4.78, 5) is 25.7. The molecule has 0 bridgehead atoms. The third-order valence-electron chi connectivity index (χ3n) is 4.99. The van der Waals surface area contributed by atoms with Crippen LogP contribution in [0.2, 0.25) is 0 Å². The molecule has 0 unspecified atom stereocenters. The maximum atomic E-state index is 12.5. The number of nitrogens with one attached hydrogen (secondary N) is 1. The quantitative estimate of drug-likeness (QED) is 0.694. The van der Waals surface area contributed by atoms with Crippen molar-refractivity contribution in [2.75, 3.05) is 19.5 Å². The number of methoxy groups -OCH3 is 2. The molecular weight excluding hydrogens is 388 g/mol. The molecule has 2 amide bonds. The molecule has 6 nitrogen and oxygen atoms in total. The van der Waals surface area contributed by atoms with Gasteiger partial charge >= 0.3 is 0 Å². The number of nitrogens with two attached hydrogens (primary N) is 1. The Bertz CT molecular complexity index is 933. The minimum atomic E-state index is -0.484. The van der Waals surface area contributed by atoms with Crippen molar-refractivity contribution in [1.82, 2.24) is 0 Å². The molecule has 0 spiro atoms. The van der Waals surface area contributed by atoms with Crippen LogP contribution < -0.4 is 20.5 Å². The summed E-state index contributed by atoms with van der Waals surface area (Å²) in [5.74, 6) is 0.416. The molecule has 3 rings (SSSR count). The molecule has 1 aromatic heterocycles. The standard InChI is InChI=1S/C22H26N2O4S/c1-27-16-11-9-14(13-17(16)28-2)10-12-19(25)24-22-20(21(23)26)15-7-5-3-4-6-8-18(15)29-22/h9-13H,3-8H2,1-2H3,(H2,23,26)(H,24,25)/b12-10-. The van der Waals surface area contributed by atoms with Crippen molar-refractivity contribution >= 4 is 34.2 Å². The van der Waals surface area contributed by atoms with Crippen LogP contribution in [0, 0.1) is 0 Å². The zero-order chi connectivity index (χ0) is 20.8. The van der Waals surface area contributed by atoms with Gasteiger partial charge in [0, 0.05) is 11.0 Å². The van der Waals surface area contributed by atoms with E-state index < -0.39 is 5.91 Å². The molecule has 2 aromatic rings. The molecule has 1 aliphatic carbocycles. The van der Waals surface area contributed by atoms with E-state index in [4.69, 9.17) is 15.2 Å². The van der Waals surface area contributed by atoms with Crippen LogP contribution in [0.1, 0.15) is 52.0 Å². The number of ether oxygens (including phenoxy) is 2. The molecular formula is C22H26N2O4S. The number of carbonyl (C=O) groups is 2. The van der Waals surface area contributed by atoms with Gasteiger partial charge in [-0.25, -0.2) is 0 Å². The second kappa shape index (κ2) is 9.60. The van der Waals surface area contributed by atoms with Crippen molar-refractivity contribution in [3.8, 4) is 11.5 Å². The summed E-state index contributed by atoms with van der Waals surface area (Å²) < 4.78 is 10.5. The van der Waals surface area contributed by atoms with Crippen molar-refractivity contribution in [2.45, 2.75) is 38.5 Å². The lowest BCUT2D eigenvalue weighted by atomic mass is 9.96. The number of carbonyl (C=O) groups excluding carboxylic acids is 2. The molecule has 1 heterocycles. The number of thiophene rings is 1. The van der Waals surface area contributed by atoms with Crippen LogP contribution in [-0.2, 0) is 17.6 Å². The van der Waals surface area contributed by atoms with Crippen molar-refractivity contribution in [3.05, 3.63) is 45.8 Å². The summed E-state index contributed by atoms with van der Waals surface area (Å²) in [5.41, 5.74) is 7.93. The second-order valence-corrected chi connectivity index (χ2v) is 8.03. The van der Waals surface area contributed by atoms with E-state index in [-0.39, 0.29) is 5.91 Å². The number of aryl methyl sites for hydroxylation is 1. The summed E-state index contributed by atoms with van der Waals surface area (Å²) in [6.07, 6.45) is 9.37. The topological polar surface area (TPSA) is 90.6 Å². The predicted octanol–water partition coefficient (Wildman–Crippen LogP) is 4.18. The average molecular weight is 415 g/mol. The maximum Gasteiger partial charge on any atom is 0.251 e. The van der Waals surface area contributed by atoms with Crippen molar-refractivity contribution in [1.29, 1.82) is 0 Å². The van der Waals surface area contributed by atoms with Gasteiger partial charge in [-0.1, -0.05) is 18.9 Å². The van der Waals surface area contributed by atoms with Crippen molar-refractivity contribution in [3.63, 3.8) is 0 Å². The van der Waals surface area contributed by atoms with Gasteiger partial charge in [-0.15, -0.1) is 11.3 Å². The molecule has 1 aromatic carbocycles. The smallest absolute Gasteiger partial charge is 0.251 e. The minimum absolute atomic E-state index is 0.309. The van der Waals surface area contributed by atoms with Gasteiger partial charge in [-0.05, 0) is 55.0 Å². The van der Waals surface area contributed by atoms with E-state index in [0.29, 0.717) is 22.1 Å². The van der Waals surface area contributed by atoms with Crippen LogP contribution in [0.5, 0.6) is 11.5 Å². The number of rotatable bonds is 6. The number of fused-ring (bicyclic) bond motifs is 1. The van der Waals surface area contributed by atoms with E-state index in [2.05, 4.69) is 5.32 Å². The lowest BCUT2D eigenvalue weighted by molar-refractivity contribution is -0.111. The molecule has 0 fully saturated rings. The SMILES string of the molecule is COc1ccc(/C=C\C(=O)Nc2sc3c(c2C(N)=O)CCCCCC3)cc1OC. The molecule has 7 heteroatoms. The number of hydrogen-bond donors (Lipinski definition) is 2.